The highest BCUT2D eigenvalue weighted by Crippen LogP contribution is 2.20. The zero-order valence-corrected chi connectivity index (χ0v) is 15.4. The van der Waals surface area contributed by atoms with Gasteiger partial charge in [0.15, 0.2) is 0 Å². The molecule has 1 fully saturated rings. The Morgan fingerprint density at radius 2 is 1.81 bits per heavy atom. The molecule has 2 aromatic carbocycles. The average molecular weight is 368 g/mol. The molecule has 0 saturated carbocycles. The van der Waals surface area contributed by atoms with Crippen molar-refractivity contribution < 1.29 is 19.4 Å². The first-order chi connectivity index (χ1) is 13.0. The number of nitrogens with zero attached hydrogens (tertiary/aromatic N) is 1. The number of benzene rings is 2. The highest BCUT2D eigenvalue weighted by atomic mass is 16.5. The molecule has 6 heteroatoms. The van der Waals surface area contributed by atoms with Crippen LogP contribution in [0.3, 0.4) is 0 Å². The van der Waals surface area contributed by atoms with Crippen LogP contribution in [0.25, 0.3) is 0 Å². The van der Waals surface area contributed by atoms with Crippen molar-refractivity contribution in [3.63, 3.8) is 0 Å². The van der Waals surface area contributed by atoms with Gasteiger partial charge in [0.05, 0.1) is 18.2 Å². The summed E-state index contributed by atoms with van der Waals surface area (Å²) < 4.78 is 4.76. The maximum atomic E-state index is 11.6. The van der Waals surface area contributed by atoms with Crippen molar-refractivity contribution in [2.45, 2.75) is 25.4 Å². The third kappa shape index (κ3) is 5.08. The van der Waals surface area contributed by atoms with Crippen molar-refractivity contribution in [3.8, 4) is 0 Å². The molecule has 6 nitrogen and oxygen atoms in total. The summed E-state index contributed by atoms with van der Waals surface area (Å²) in [5.41, 5.74) is 2.81. The molecule has 0 atom stereocenters. The zero-order valence-electron chi connectivity index (χ0n) is 15.4. The molecule has 0 aromatic heterocycles. The fourth-order valence-corrected chi connectivity index (χ4v) is 3.39. The number of carboxylic acids is 1. The number of carboxylic acid groups (broad SMARTS) is 1. The zero-order chi connectivity index (χ0) is 19.2. The van der Waals surface area contributed by atoms with Crippen molar-refractivity contribution >= 4 is 17.6 Å². The Hall–Kier alpha value is -2.86. The molecule has 142 valence electrons. The van der Waals surface area contributed by atoms with Crippen LogP contribution in [0.4, 0.5) is 5.69 Å². The molecule has 2 N–H and O–H groups in total. The molecular weight excluding hydrogens is 344 g/mol. The summed E-state index contributed by atoms with van der Waals surface area (Å²) in [5, 5.41) is 12.6. The van der Waals surface area contributed by atoms with E-state index in [0.717, 1.165) is 43.7 Å². The molecule has 1 aliphatic heterocycles. The molecule has 1 aliphatic rings. The summed E-state index contributed by atoms with van der Waals surface area (Å²) in [5.74, 6) is -1.23. The van der Waals surface area contributed by atoms with Gasteiger partial charge in [0.2, 0.25) is 0 Å². The Labute approximate surface area is 158 Å². The summed E-state index contributed by atoms with van der Waals surface area (Å²) >= 11 is 0. The molecule has 0 spiro atoms. The van der Waals surface area contributed by atoms with Crippen molar-refractivity contribution in [1.29, 1.82) is 0 Å². The molecule has 1 heterocycles. The number of carbonyl (C=O) groups is 2. The fraction of sp³-hybridized carbons (Fsp3) is 0.333. The number of methoxy groups -OCH3 is 1. The van der Waals surface area contributed by atoms with Gasteiger partial charge in [-0.3, -0.25) is 4.90 Å². The van der Waals surface area contributed by atoms with E-state index in [4.69, 9.17) is 9.84 Å². The van der Waals surface area contributed by atoms with Crippen molar-refractivity contribution in [2.24, 2.45) is 0 Å². The van der Waals surface area contributed by atoms with Crippen LogP contribution in [-0.4, -0.2) is 48.2 Å². The van der Waals surface area contributed by atoms with Gasteiger partial charge in [-0.15, -0.1) is 0 Å². The largest absolute Gasteiger partial charge is 0.478 e. The van der Waals surface area contributed by atoms with E-state index in [0.29, 0.717) is 17.2 Å². The number of nitrogens with one attached hydrogen (secondary N) is 1. The van der Waals surface area contributed by atoms with Crippen LogP contribution in [0.15, 0.2) is 48.5 Å². The van der Waals surface area contributed by atoms with Crippen LogP contribution in [0, 0.1) is 0 Å². The molecule has 0 radical (unpaired) electrons. The van der Waals surface area contributed by atoms with Crippen LogP contribution in [0.1, 0.15) is 39.1 Å². The van der Waals surface area contributed by atoms with Gasteiger partial charge in [0.1, 0.15) is 0 Å². The number of hydrogen-bond acceptors (Lipinski definition) is 5. The summed E-state index contributed by atoms with van der Waals surface area (Å²) in [7, 11) is 1.38. The number of piperidine rings is 1. The van der Waals surface area contributed by atoms with Gasteiger partial charge in [0.25, 0.3) is 0 Å². The molecule has 0 bridgehead atoms. The molecule has 1 saturated heterocycles. The number of rotatable bonds is 6. The molecule has 0 aliphatic carbocycles. The van der Waals surface area contributed by atoms with E-state index in [9.17, 15) is 9.59 Å². The van der Waals surface area contributed by atoms with Gasteiger partial charge >= 0.3 is 11.9 Å². The Balaban J connectivity index is 1.53. The van der Waals surface area contributed by atoms with E-state index in [1.807, 2.05) is 24.3 Å². The second-order valence-corrected chi connectivity index (χ2v) is 6.77. The number of anilines is 1. The van der Waals surface area contributed by atoms with E-state index in [2.05, 4.69) is 10.2 Å². The van der Waals surface area contributed by atoms with Crippen LogP contribution in [-0.2, 0) is 11.3 Å². The highest BCUT2D eigenvalue weighted by Gasteiger charge is 2.19. The smallest absolute Gasteiger partial charge is 0.337 e. The van der Waals surface area contributed by atoms with E-state index in [1.54, 1.807) is 24.3 Å². The van der Waals surface area contributed by atoms with E-state index < -0.39 is 5.97 Å². The second-order valence-electron chi connectivity index (χ2n) is 6.77. The van der Waals surface area contributed by atoms with Gasteiger partial charge in [-0.2, -0.15) is 0 Å². The number of esters is 1. The minimum Gasteiger partial charge on any atom is -0.478 e. The molecule has 3 rings (SSSR count). The molecule has 0 unspecified atom stereocenters. The maximum absolute atomic E-state index is 11.6. The summed E-state index contributed by atoms with van der Waals surface area (Å²) in [6.45, 7) is 2.63. The first-order valence-corrected chi connectivity index (χ1v) is 9.04. The van der Waals surface area contributed by atoms with E-state index in [1.165, 1.54) is 7.11 Å². The predicted molar refractivity (Wildman–Crippen MR) is 103 cm³/mol. The third-order valence-electron chi connectivity index (χ3n) is 4.82. The molecule has 27 heavy (non-hydrogen) atoms. The van der Waals surface area contributed by atoms with Gasteiger partial charge < -0.3 is 15.2 Å². The lowest BCUT2D eigenvalue weighted by Gasteiger charge is -2.33. The van der Waals surface area contributed by atoms with Crippen molar-refractivity contribution in [1.82, 2.24) is 4.90 Å². The summed E-state index contributed by atoms with van der Waals surface area (Å²) in [6, 6.07) is 14.8. The minimum absolute atomic E-state index is 0.328. The lowest BCUT2D eigenvalue weighted by molar-refractivity contribution is 0.0600. The number of ether oxygens (including phenoxy) is 1. The number of aromatic carboxylic acids is 1. The Morgan fingerprint density at radius 1 is 1.11 bits per heavy atom. The Morgan fingerprint density at radius 3 is 2.52 bits per heavy atom. The SMILES string of the molecule is COC(=O)c1cccc(NC2CCN(Cc3cccc(C(=O)O)c3)CC2)c1. The maximum Gasteiger partial charge on any atom is 0.337 e. The minimum atomic E-state index is -0.894. The standard InChI is InChI=1S/C21H24N2O4/c1-27-21(26)17-6-3-7-19(13-17)22-18-8-10-23(11-9-18)14-15-4-2-5-16(12-15)20(24)25/h2-7,12-13,18,22H,8-11,14H2,1H3,(H,24,25). The quantitative estimate of drug-likeness (QED) is 0.762. The predicted octanol–water partition coefficient (Wildman–Crippen LogP) is 3.25. The highest BCUT2D eigenvalue weighted by molar-refractivity contribution is 5.90. The van der Waals surface area contributed by atoms with Gasteiger partial charge in [-0.25, -0.2) is 9.59 Å². The average Bonchev–Trinajstić information content (AvgIpc) is 2.69. The van der Waals surface area contributed by atoms with E-state index in [-0.39, 0.29) is 5.97 Å². The van der Waals surface area contributed by atoms with Gasteiger partial charge in [0, 0.05) is 31.4 Å². The normalized spacial score (nSPS) is 15.3. The molecule has 2 aromatic rings. The van der Waals surface area contributed by atoms with Crippen LogP contribution >= 0.6 is 0 Å². The first-order valence-electron chi connectivity index (χ1n) is 9.04. The number of likely N-dealkylation sites (tertiary alicyclic amines) is 1. The second kappa shape index (κ2) is 8.68. The lowest BCUT2D eigenvalue weighted by atomic mass is 10.0. The van der Waals surface area contributed by atoms with Crippen LogP contribution in [0.2, 0.25) is 0 Å². The number of hydrogen-bond donors (Lipinski definition) is 2. The lowest BCUT2D eigenvalue weighted by Crippen LogP contribution is -2.38. The third-order valence-corrected chi connectivity index (χ3v) is 4.82. The molecule has 0 amide bonds. The summed E-state index contributed by atoms with van der Waals surface area (Å²) in [4.78, 5) is 25.1. The topological polar surface area (TPSA) is 78.9 Å². The van der Waals surface area contributed by atoms with E-state index >= 15 is 0 Å². The van der Waals surface area contributed by atoms with Crippen molar-refractivity contribution in [3.05, 3.63) is 65.2 Å². The van der Waals surface area contributed by atoms with Crippen LogP contribution in [0.5, 0.6) is 0 Å². The van der Waals surface area contributed by atoms with Gasteiger partial charge in [-0.1, -0.05) is 18.2 Å². The number of carbonyl (C=O) groups excluding carboxylic acids is 1. The summed E-state index contributed by atoms with van der Waals surface area (Å²) in [6.07, 6.45) is 1.97. The first kappa shape index (κ1) is 18.9. The Kier molecular flexibility index (Phi) is 6.08. The monoisotopic (exact) mass is 368 g/mol. The van der Waals surface area contributed by atoms with Gasteiger partial charge in [-0.05, 0) is 48.7 Å². The van der Waals surface area contributed by atoms with Crippen molar-refractivity contribution in [2.75, 3.05) is 25.5 Å². The fourth-order valence-electron chi connectivity index (χ4n) is 3.39. The Bertz CT molecular complexity index is 813. The molecular formula is C21H24N2O4. The van der Waals surface area contributed by atoms with Crippen LogP contribution < -0.4 is 5.32 Å².